The van der Waals surface area contributed by atoms with Crippen molar-refractivity contribution in [2.75, 3.05) is 18.1 Å². The van der Waals surface area contributed by atoms with Crippen LogP contribution in [0.5, 0.6) is 0 Å². The number of fused-ring (bicyclic) bond motifs is 1. The average Bonchev–Trinajstić information content (AvgIpc) is 3.02. The molecule has 3 rings (SSSR count). The molecule has 1 aliphatic heterocycles. The Balaban J connectivity index is 1.65. The second-order valence-corrected chi connectivity index (χ2v) is 7.68. The predicted octanol–water partition coefficient (Wildman–Crippen LogP) is 1.29. The van der Waals surface area contributed by atoms with Gasteiger partial charge in [-0.1, -0.05) is 6.07 Å². The van der Waals surface area contributed by atoms with Gasteiger partial charge in [-0.15, -0.1) is 0 Å². The summed E-state index contributed by atoms with van der Waals surface area (Å²) in [7, 11) is -2.83. The molecule has 0 amide bonds. The second-order valence-electron chi connectivity index (χ2n) is 5.45. The number of hydrogen-bond donors (Lipinski definition) is 1. The van der Waals surface area contributed by atoms with Gasteiger partial charge in [-0.3, -0.25) is 0 Å². The highest BCUT2D eigenvalue weighted by Crippen LogP contribution is 2.17. The summed E-state index contributed by atoms with van der Waals surface area (Å²) in [5, 5.41) is 13.4. The SMILES string of the molecule is N#Cc1ccc2ccn(CCNC3CCS(=O)(=O)C3)c2c1. The standard InChI is InChI=1S/C15H17N3O2S/c16-10-12-1-2-13-3-6-18(15(13)9-12)7-5-17-14-4-8-21(19,20)11-14/h1-3,6,9,14,17H,4-5,7-8,11H2. The third kappa shape index (κ3) is 3.09. The third-order valence-corrected chi connectivity index (χ3v) is 5.69. The van der Waals surface area contributed by atoms with E-state index in [9.17, 15) is 8.42 Å². The van der Waals surface area contributed by atoms with Gasteiger partial charge in [0, 0.05) is 30.8 Å². The lowest BCUT2D eigenvalue weighted by Gasteiger charge is -2.11. The topological polar surface area (TPSA) is 74.9 Å². The molecule has 1 aromatic heterocycles. The minimum absolute atomic E-state index is 0.0755. The number of nitrogens with zero attached hydrogens (tertiary/aromatic N) is 2. The molecule has 0 saturated carbocycles. The fraction of sp³-hybridized carbons (Fsp3) is 0.400. The monoisotopic (exact) mass is 303 g/mol. The van der Waals surface area contributed by atoms with Crippen LogP contribution in [0.1, 0.15) is 12.0 Å². The summed E-state index contributed by atoms with van der Waals surface area (Å²) < 4.78 is 24.9. The third-order valence-electron chi connectivity index (χ3n) is 3.92. The average molecular weight is 303 g/mol. The van der Waals surface area contributed by atoms with Crippen molar-refractivity contribution in [3.05, 3.63) is 36.0 Å². The molecule has 0 radical (unpaired) electrons. The van der Waals surface area contributed by atoms with Crippen molar-refractivity contribution in [2.24, 2.45) is 0 Å². The molecule has 5 nitrogen and oxygen atoms in total. The number of aromatic nitrogens is 1. The first-order chi connectivity index (χ1) is 10.1. The van der Waals surface area contributed by atoms with E-state index in [0.717, 1.165) is 24.0 Å². The van der Waals surface area contributed by atoms with Crippen LogP contribution < -0.4 is 5.32 Å². The maximum atomic E-state index is 11.4. The van der Waals surface area contributed by atoms with Crippen molar-refractivity contribution in [1.82, 2.24) is 9.88 Å². The van der Waals surface area contributed by atoms with Crippen LogP contribution in [-0.4, -0.2) is 37.1 Å². The second kappa shape index (κ2) is 5.51. The number of rotatable bonds is 4. The molecule has 0 aliphatic carbocycles. The number of sulfone groups is 1. The number of nitrogens with one attached hydrogen (secondary N) is 1. The van der Waals surface area contributed by atoms with Gasteiger partial charge in [0.2, 0.25) is 0 Å². The summed E-state index contributed by atoms with van der Waals surface area (Å²) in [6, 6.07) is 9.89. The highest BCUT2D eigenvalue weighted by atomic mass is 32.2. The fourth-order valence-electron chi connectivity index (χ4n) is 2.79. The van der Waals surface area contributed by atoms with Crippen LogP contribution in [0.25, 0.3) is 10.9 Å². The van der Waals surface area contributed by atoms with Gasteiger partial charge in [0.25, 0.3) is 0 Å². The Morgan fingerprint density at radius 1 is 1.38 bits per heavy atom. The van der Waals surface area contributed by atoms with Crippen LogP contribution in [0.2, 0.25) is 0 Å². The number of hydrogen-bond acceptors (Lipinski definition) is 4. The van der Waals surface area contributed by atoms with Crippen LogP contribution in [-0.2, 0) is 16.4 Å². The molecule has 21 heavy (non-hydrogen) atoms. The molecule has 110 valence electrons. The lowest BCUT2D eigenvalue weighted by Crippen LogP contribution is -2.32. The highest BCUT2D eigenvalue weighted by Gasteiger charge is 2.27. The fourth-order valence-corrected chi connectivity index (χ4v) is 4.50. The van der Waals surface area contributed by atoms with E-state index >= 15 is 0 Å². The van der Waals surface area contributed by atoms with Gasteiger partial charge in [0.1, 0.15) is 0 Å². The molecule has 2 aromatic rings. The van der Waals surface area contributed by atoms with E-state index in [2.05, 4.69) is 16.0 Å². The maximum Gasteiger partial charge on any atom is 0.151 e. The van der Waals surface area contributed by atoms with Crippen LogP contribution in [0.4, 0.5) is 0 Å². The molecule has 6 heteroatoms. The molecule has 1 atom stereocenters. The lowest BCUT2D eigenvalue weighted by molar-refractivity contribution is 0.525. The normalized spacial score (nSPS) is 20.6. The van der Waals surface area contributed by atoms with E-state index in [1.54, 1.807) is 0 Å². The summed E-state index contributed by atoms with van der Waals surface area (Å²) in [6.45, 7) is 1.48. The first-order valence-corrected chi connectivity index (χ1v) is 8.82. The van der Waals surface area contributed by atoms with Crippen molar-refractivity contribution in [3.63, 3.8) is 0 Å². The minimum atomic E-state index is -2.83. The summed E-state index contributed by atoms with van der Waals surface area (Å²) in [4.78, 5) is 0. The quantitative estimate of drug-likeness (QED) is 0.923. The first kappa shape index (κ1) is 14.1. The Bertz CT molecular complexity index is 802. The van der Waals surface area contributed by atoms with Crippen molar-refractivity contribution in [3.8, 4) is 6.07 Å². The zero-order valence-corrected chi connectivity index (χ0v) is 12.4. The summed E-state index contributed by atoms with van der Waals surface area (Å²) in [5.74, 6) is 0.542. The Morgan fingerprint density at radius 2 is 2.24 bits per heavy atom. The molecule has 0 bridgehead atoms. The Hall–Kier alpha value is -1.84. The van der Waals surface area contributed by atoms with E-state index in [0.29, 0.717) is 17.7 Å². The van der Waals surface area contributed by atoms with E-state index in [1.165, 1.54) is 0 Å². The smallest absolute Gasteiger partial charge is 0.151 e. The molecule has 1 saturated heterocycles. The molecular formula is C15H17N3O2S. The Kier molecular flexibility index (Phi) is 3.70. The maximum absolute atomic E-state index is 11.4. The van der Waals surface area contributed by atoms with E-state index in [1.807, 2.05) is 30.5 Å². The van der Waals surface area contributed by atoms with Crippen molar-refractivity contribution < 1.29 is 8.42 Å². The molecule has 2 heterocycles. The van der Waals surface area contributed by atoms with E-state index in [-0.39, 0.29) is 11.8 Å². The van der Waals surface area contributed by atoms with Crippen LogP contribution >= 0.6 is 0 Å². The molecule has 1 N–H and O–H groups in total. The zero-order chi connectivity index (χ0) is 14.9. The van der Waals surface area contributed by atoms with Gasteiger partial charge in [-0.2, -0.15) is 5.26 Å². The molecule has 1 unspecified atom stereocenters. The lowest BCUT2D eigenvalue weighted by atomic mass is 10.2. The van der Waals surface area contributed by atoms with Crippen LogP contribution in [0.15, 0.2) is 30.5 Å². The largest absolute Gasteiger partial charge is 0.346 e. The summed E-state index contributed by atoms with van der Waals surface area (Å²) >= 11 is 0. The van der Waals surface area contributed by atoms with Gasteiger partial charge in [-0.05, 0) is 30.0 Å². The van der Waals surface area contributed by atoms with Gasteiger partial charge in [0.05, 0.1) is 23.1 Å². The molecule has 1 aliphatic rings. The van der Waals surface area contributed by atoms with Gasteiger partial charge in [-0.25, -0.2) is 8.42 Å². The molecule has 1 aromatic carbocycles. The predicted molar refractivity (Wildman–Crippen MR) is 81.7 cm³/mol. The van der Waals surface area contributed by atoms with Crippen LogP contribution in [0.3, 0.4) is 0 Å². The molecular weight excluding hydrogens is 286 g/mol. The summed E-state index contributed by atoms with van der Waals surface area (Å²) in [5.41, 5.74) is 1.69. The Morgan fingerprint density at radius 3 is 2.95 bits per heavy atom. The minimum Gasteiger partial charge on any atom is -0.346 e. The first-order valence-electron chi connectivity index (χ1n) is 7.00. The van der Waals surface area contributed by atoms with E-state index < -0.39 is 9.84 Å². The van der Waals surface area contributed by atoms with E-state index in [4.69, 9.17) is 5.26 Å². The van der Waals surface area contributed by atoms with Crippen molar-refractivity contribution >= 4 is 20.7 Å². The number of nitriles is 1. The van der Waals surface area contributed by atoms with Crippen molar-refractivity contribution in [1.29, 1.82) is 5.26 Å². The van der Waals surface area contributed by atoms with Gasteiger partial charge >= 0.3 is 0 Å². The number of benzene rings is 1. The highest BCUT2D eigenvalue weighted by molar-refractivity contribution is 7.91. The van der Waals surface area contributed by atoms with Gasteiger partial charge in [0.15, 0.2) is 9.84 Å². The summed E-state index contributed by atoms with van der Waals surface area (Å²) in [6.07, 6.45) is 2.70. The van der Waals surface area contributed by atoms with Crippen molar-refractivity contribution in [2.45, 2.75) is 19.0 Å². The Labute approximate surface area is 124 Å². The van der Waals surface area contributed by atoms with Gasteiger partial charge < -0.3 is 9.88 Å². The van der Waals surface area contributed by atoms with Crippen LogP contribution in [0, 0.1) is 11.3 Å². The molecule has 0 spiro atoms. The zero-order valence-electron chi connectivity index (χ0n) is 11.6. The molecule has 1 fully saturated rings.